The van der Waals surface area contributed by atoms with Crippen molar-refractivity contribution in [2.45, 2.75) is 12.4 Å². The zero-order valence-electron chi connectivity index (χ0n) is 12.1. The van der Waals surface area contributed by atoms with Crippen LogP contribution in [-0.2, 0) is 17.5 Å². The third kappa shape index (κ3) is 4.26. The number of hydrogen-bond acceptors (Lipinski definition) is 1. The van der Waals surface area contributed by atoms with Gasteiger partial charge in [-0.1, -0.05) is 46.4 Å². The second-order valence-corrected chi connectivity index (χ2v) is 6.38. The molecule has 0 N–H and O–H groups in total. The first kappa shape index (κ1) is 22.0. The predicted molar refractivity (Wildman–Crippen MR) is 83.1 cm³/mol. The molecule has 0 unspecified atom stereocenters. The lowest BCUT2D eigenvalue weighted by atomic mass is 10.1. The average molecular weight is 477 g/mol. The van der Waals surface area contributed by atoms with Crippen LogP contribution in [0, 0.1) is 5.82 Å². The molecule has 0 fully saturated rings. The second-order valence-electron chi connectivity index (χ2n) is 4.84. The molecule has 0 aromatic heterocycles. The first-order chi connectivity index (χ1) is 12.2. The summed E-state index contributed by atoms with van der Waals surface area (Å²) in [7, 11) is 0. The Kier molecular flexibility index (Phi) is 5.93. The molecule has 2 aromatic carbocycles. The minimum atomic E-state index is -5.26. The number of rotatable bonds is 2. The largest absolute Gasteiger partial charge is 0.450 e. The van der Waals surface area contributed by atoms with Crippen LogP contribution in [0.5, 0.6) is 17.2 Å². The normalized spacial score (nSPS) is 12.4. The van der Waals surface area contributed by atoms with Gasteiger partial charge in [0.15, 0.2) is 17.3 Å². The Morgan fingerprint density at radius 1 is 0.778 bits per heavy atom. The van der Waals surface area contributed by atoms with E-state index in [1.807, 2.05) is 0 Å². The highest BCUT2D eigenvalue weighted by atomic mass is 35.5. The summed E-state index contributed by atoms with van der Waals surface area (Å²) in [5.74, 6) is -5.80. The van der Waals surface area contributed by atoms with Crippen molar-refractivity contribution in [2.24, 2.45) is 0 Å². The zero-order valence-corrected chi connectivity index (χ0v) is 15.2. The van der Waals surface area contributed by atoms with Crippen LogP contribution in [-0.4, -0.2) is 0 Å². The predicted octanol–water partition coefficient (Wildman–Crippen LogP) is 8.41. The summed E-state index contributed by atoms with van der Waals surface area (Å²) in [6.45, 7) is 0. The number of halogens is 11. The van der Waals surface area contributed by atoms with Crippen LogP contribution in [0.25, 0.3) is 0 Å². The number of ether oxygens (including phenoxy) is 1. The van der Waals surface area contributed by atoms with Gasteiger partial charge in [0.1, 0.15) is 15.6 Å². The highest BCUT2D eigenvalue weighted by molar-refractivity contribution is 6.46. The summed E-state index contributed by atoms with van der Waals surface area (Å²) in [6.07, 6.45) is -10.2. The Bertz CT molecular complexity index is 887. The average Bonchev–Trinajstić information content (AvgIpc) is 2.51. The SMILES string of the molecule is [O]c1c(Cl)c(Cl)c(C(F)(F)F)c(Oc2c(F)cc(C(F)(F)F)cc2Cl)c1Cl. The van der Waals surface area contributed by atoms with Gasteiger partial charge in [0, 0.05) is 0 Å². The molecular weight excluding hydrogens is 475 g/mol. The van der Waals surface area contributed by atoms with E-state index in [1.54, 1.807) is 0 Å². The highest BCUT2D eigenvalue weighted by Crippen LogP contribution is 2.54. The Hall–Kier alpha value is -1.29. The zero-order chi connectivity index (χ0) is 20.9. The van der Waals surface area contributed by atoms with Gasteiger partial charge in [0.05, 0.1) is 15.6 Å². The Labute approximate surface area is 165 Å². The van der Waals surface area contributed by atoms with Crippen molar-refractivity contribution < 1.29 is 40.6 Å². The maximum atomic E-state index is 14.0. The number of alkyl halides is 6. The molecule has 13 heteroatoms. The van der Waals surface area contributed by atoms with Crippen molar-refractivity contribution in [3.8, 4) is 17.2 Å². The fourth-order valence-electron chi connectivity index (χ4n) is 1.89. The van der Waals surface area contributed by atoms with Gasteiger partial charge in [-0.15, -0.1) is 0 Å². The van der Waals surface area contributed by atoms with E-state index in [9.17, 15) is 35.8 Å². The number of hydrogen-bond donors (Lipinski definition) is 0. The summed E-state index contributed by atoms with van der Waals surface area (Å²) in [4.78, 5) is 0. The van der Waals surface area contributed by atoms with E-state index in [2.05, 4.69) is 4.74 Å². The van der Waals surface area contributed by atoms with Gasteiger partial charge in [-0.2, -0.15) is 26.3 Å². The van der Waals surface area contributed by atoms with Gasteiger partial charge in [0.2, 0.25) is 5.75 Å². The fraction of sp³-hybridized carbons (Fsp3) is 0.143. The topological polar surface area (TPSA) is 29.1 Å². The van der Waals surface area contributed by atoms with Gasteiger partial charge in [-0.25, -0.2) is 4.39 Å². The monoisotopic (exact) mass is 475 g/mol. The summed E-state index contributed by atoms with van der Waals surface area (Å²) in [6, 6.07) is 0.161. The molecule has 147 valence electrons. The lowest BCUT2D eigenvalue weighted by Gasteiger charge is -2.19. The third-order valence-electron chi connectivity index (χ3n) is 3.05. The molecule has 0 bridgehead atoms. The van der Waals surface area contributed by atoms with Crippen molar-refractivity contribution >= 4 is 46.4 Å². The Balaban J connectivity index is 2.72. The van der Waals surface area contributed by atoms with E-state index >= 15 is 0 Å². The van der Waals surface area contributed by atoms with Crippen LogP contribution in [0.1, 0.15) is 11.1 Å². The summed E-state index contributed by atoms with van der Waals surface area (Å²) >= 11 is 21.8. The fourth-order valence-corrected chi connectivity index (χ4v) is 2.88. The van der Waals surface area contributed by atoms with Crippen molar-refractivity contribution in [1.29, 1.82) is 0 Å². The molecule has 0 heterocycles. The third-order valence-corrected chi connectivity index (χ3v) is 4.51. The van der Waals surface area contributed by atoms with Gasteiger partial charge >= 0.3 is 12.4 Å². The van der Waals surface area contributed by atoms with E-state index in [0.29, 0.717) is 0 Å². The van der Waals surface area contributed by atoms with Gasteiger partial charge < -0.3 is 4.74 Å². The van der Waals surface area contributed by atoms with Gasteiger partial charge in [0.25, 0.3) is 0 Å². The first-order valence-electron chi connectivity index (χ1n) is 6.35. The molecular formula is C14H2Cl4F7O2. The summed E-state index contributed by atoms with van der Waals surface area (Å²) < 4.78 is 96.3. The van der Waals surface area contributed by atoms with E-state index in [1.165, 1.54) is 0 Å². The lowest BCUT2D eigenvalue weighted by Crippen LogP contribution is -2.10. The molecule has 27 heavy (non-hydrogen) atoms. The standard InChI is InChI=1S/C14H2Cl4F7O2/c15-4-1-3(13(20,21)22)2-5(19)11(4)27-12-6(14(23,24)25)7(16)8(17)10(26)9(12)18/h1-2H. The van der Waals surface area contributed by atoms with Crippen LogP contribution in [0.15, 0.2) is 12.1 Å². The van der Waals surface area contributed by atoms with Crippen molar-refractivity contribution in [3.05, 3.63) is 49.2 Å². The molecule has 1 radical (unpaired) electrons. The van der Waals surface area contributed by atoms with Crippen LogP contribution in [0.3, 0.4) is 0 Å². The van der Waals surface area contributed by atoms with Gasteiger partial charge in [-0.3, -0.25) is 5.11 Å². The molecule has 0 spiro atoms. The molecule has 0 aliphatic carbocycles. The highest BCUT2D eigenvalue weighted by Gasteiger charge is 2.42. The maximum absolute atomic E-state index is 14.0. The van der Waals surface area contributed by atoms with Crippen molar-refractivity contribution in [2.75, 3.05) is 0 Å². The summed E-state index contributed by atoms with van der Waals surface area (Å²) in [5, 5.41) is 7.18. The molecule has 0 atom stereocenters. The quantitative estimate of drug-likeness (QED) is 0.316. The van der Waals surface area contributed by atoms with E-state index in [-0.39, 0.29) is 12.1 Å². The van der Waals surface area contributed by atoms with Gasteiger partial charge in [-0.05, 0) is 12.1 Å². The molecule has 2 aromatic rings. The van der Waals surface area contributed by atoms with E-state index < -0.39 is 66.6 Å². The van der Waals surface area contributed by atoms with E-state index in [0.717, 1.165) is 0 Å². The molecule has 2 rings (SSSR count). The maximum Gasteiger partial charge on any atom is 0.421 e. The summed E-state index contributed by atoms with van der Waals surface area (Å²) in [5.41, 5.74) is -3.34. The minimum Gasteiger partial charge on any atom is -0.450 e. The first-order valence-corrected chi connectivity index (χ1v) is 7.86. The Morgan fingerprint density at radius 3 is 1.78 bits per heavy atom. The Morgan fingerprint density at radius 2 is 1.33 bits per heavy atom. The molecule has 0 saturated heterocycles. The smallest absolute Gasteiger partial charge is 0.421 e. The molecule has 0 saturated carbocycles. The van der Waals surface area contributed by atoms with Crippen LogP contribution >= 0.6 is 46.4 Å². The van der Waals surface area contributed by atoms with Crippen molar-refractivity contribution in [3.63, 3.8) is 0 Å². The number of benzene rings is 2. The minimum absolute atomic E-state index is 0.0575. The molecule has 0 aliphatic heterocycles. The van der Waals surface area contributed by atoms with Crippen LogP contribution in [0.4, 0.5) is 30.7 Å². The molecule has 0 aliphatic rings. The van der Waals surface area contributed by atoms with Crippen LogP contribution in [0.2, 0.25) is 20.1 Å². The molecule has 0 amide bonds. The molecule has 2 nitrogen and oxygen atoms in total. The van der Waals surface area contributed by atoms with E-state index in [4.69, 9.17) is 46.4 Å². The van der Waals surface area contributed by atoms with Crippen LogP contribution < -0.4 is 4.74 Å². The van der Waals surface area contributed by atoms with Crippen molar-refractivity contribution in [1.82, 2.24) is 0 Å². The second kappa shape index (κ2) is 7.27. The lowest BCUT2D eigenvalue weighted by molar-refractivity contribution is -0.138.